The number of benzene rings is 6. The van der Waals surface area contributed by atoms with Crippen LogP contribution in [0.25, 0.3) is 43.6 Å². The molecule has 1 unspecified atom stereocenters. The maximum Gasteiger partial charge on any atom is 0.309 e. The molecule has 0 radical (unpaired) electrons. The van der Waals surface area contributed by atoms with E-state index < -0.39 is 18.1 Å². The van der Waals surface area contributed by atoms with Crippen molar-refractivity contribution in [2.75, 3.05) is 38.3 Å². The molecule has 1 atom stereocenters. The lowest BCUT2D eigenvalue weighted by molar-refractivity contribution is -0.161. The molecule has 8 aromatic rings. The number of nitrogens with zero attached hydrogens (tertiary/aromatic N) is 2. The molecule has 0 spiro atoms. The molecule has 12 heteroatoms. The molecule has 8 rings (SSSR count). The molecule has 340 valence electrons. The number of anilines is 1. The van der Waals surface area contributed by atoms with E-state index in [0.717, 1.165) is 86.4 Å². The van der Waals surface area contributed by atoms with Gasteiger partial charge in [0.2, 0.25) is 5.91 Å². The predicted molar refractivity (Wildman–Crippen MR) is 260 cm³/mol. The third-order valence-corrected chi connectivity index (χ3v) is 11.3. The van der Waals surface area contributed by atoms with Crippen LogP contribution in [-0.4, -0.2) is 59.9 Å². The van der Waals surface area contributed by atoms with Crippen molar-refractivity contribution in [1.82, 2.24) is 14.5 Å². The average molecular weight is 889 g/mol. The van der Waals surface area contributed by atoms with Gasteiger partial charge in [-0.1, -0.05) is 54.6 Å². The summed E-state index contributed by atoms with van der Waals surface area (Å²) in [6.45, 7) is 8.12. The Morgan fingerprint density at radius 1 is 0.561 bits per heavy atom. The fourth-order valence-corrected chi connectivity index (χ4v) is 8.29. The van der Waals surface area contributed by atoms with Crippen LogP contribution >= 0.6 is 0 Å². The molecule has 2 heterocycles. The Morgan fingerprint density at radius 3 is 1.71 bits per heavy atom. The van der Waals surface area contributed by atoms with Gasteiger partial charge >= 0.3 is 5.97 Å². The van der Waals surface area contributed by atoms with Gasteiger partial charge in [0, 0.05) is 71.0 Å². The fraction of sp³-hybridized carbons (Fsp3) is 0.278. The van der Waals surface area contributed by atoms with Gasteiger partial charge in [-0.05, 0) is 106 Å². The first-order valence-corrected chi connectivity index (χ1v) is 22.7. The Balaban J connectivity index is 0.938. The first-order chi connectivity index (χ1) is 32.2. The molecule has 0 saturated carbocycles. The van der Waals surface area contributed by atoms with Crippen molar-refractivity contribution in [3.05, 3.63) is 139 Å². The third kappa shape index (κ3) is 10.9. The third-order valence-electron chi connectivity index (χ3n) is 11.3. The summed E-state index contributed by atoms with van der Waals surface area (Å²) in [5.41, 5.74) is 5.24. The lowest BCUT2D eigenvalue weighted by Crippen LogP contribution is -2.35. The van der Waals surface area contributed by atoms with Crippen molar-refractivity contribution in [3.63, 3.8) is 0 Å². The van der Waals surface area contributed by atoms with Crippen molar-refractivity contribution in [3.8, 4) is 23.0 Å². The van der Waals surface area contributed by atoms with E-state index in [1.54, 1.807) is 10.6 Å². The van der Waals surface area contributed by atoms with Gasteiger partial charge in [-0.3, -0.25) is 19.0 Å². The highest BCUT2D eigenvalue weighted by Crippen LogP contribution is 2.36. The highest BCUT2D eigenvalue weighted by atomic mass is 16.6. The smallest absolute Gasteiger partial charge is 0.309 e. The molecular formula is C54H56N4O8. The van der Waals surface area contributed by atoms with Crippen LogP contribution in [-0.2, 0) is 25.7 Å². The molecule has 2 aromatic heterocycles. The van der Waals surface area contributed by atoms with Crippen molar-refractivity contribution in [2.45, 2.75) is 65.6 Å². The molecule has 2 N–H and O–H groups in total. The number of hydrogen-bond acceptors (Lipinski definition) is 8. The highest BCUT2D eigenvalue weighted by molar-refractivity contribution is 6.10. The number of carbonyl (C=O) groups excluding carboxylic acids is 3. The summed E-state index contributed by atoms with van der Waals surface area (Å²) in [5.74, 6) is 1.86. The maximum atomic E-state index is 14.0. The summed E-state index contributed by atoms with van der Waals surface area (Å²) < 4.78 is 34.4. The quantitative estimate of drug-likeness (QED) is 0.0508. The Bertz CT molecular complexity index is 2970. The molecule has 0 saturated heterocycles. The summed E-state index contributed by atoms with van der Waals surface area (Å²) >= 11 is 0. The molecule has 0 aliphatic heterocycles. The normalized spacial score (nSPS) is 11.7. The topological polar surface area (TPSA) is 131 Å². The second-order valence-corrected chi connectivity index (χ2v) is 16.2. The zero-order chi connectivity index (χ0) is 45.8. The summed E-state index contributed by atoms with van der Waals surface area (Å²) in [7, 11) is 0. The standard InChI is InChI=1S/C54H56N4O8/c1-4-55-53(61)54(58-49-22-8-6-20-45(49)47-26-24-43(36-51(47)58)65-32-11-9-29-62-40-17-13-15-37(2)33-40)66-52(60)27-28-57-48-21-7-5-19-44(48)46-25-23-42(35-50(46)57)64-31-12-10-30-63-41-18-14-16-39(34-41)56-38(3)59/h5-8,13-26,33-36,54H,4,9-12,27-32H2,1-3H3,(H,55,61)(H,56,59). The summed E-state index contributed by atoms with van der Waals surface area (Å²) in [5, 5.41) is 9.62. The second-order valence-electron chi connectivity index (χ2n) is 16.2. The van der Waals surface area contributed by atoms with Gasteiger partial charge in [0.05, 0.1) is 49.4 Å². The minimum absolute atomic E-state index is 0.0155. The van der Waals surface area contributed by atoms with Crippen LogP contribution in [0.15, 0.2) is 133 Å². The van der Waals surface area contributed by atoms with Crippen LogP contribution in [0.3, 0.4) is 0 Å². The van der Waals surface area contributed by atoms with Gasteiger partial charge in [0.1, 0.15) is 23.0 Å². The van der Waals surface area contributed by atoms with Gasteiger partial charge in [-0.25, -0.2) is 0 Å². The van der Waals surface area contributed by atoms with Gasteiger partial charge in [0.15, 0.2) is 0 Å². The zero-order valence-corrected chi connectivity index (χ0v) is 37.7. The molecule has 0 fully saturated rings. The molecule has 0 aliphatic rings. The van der Waals surface area contributed by atoms with E-state index in [0.29, 0.717) is 56.7 Å². The predicted octanol–water partition coefficient (Wildman–Crippen LogP) is 10.9. The average Bonchev–Trinajstić information content (AvgIpc) is 3.81. The van der Waals surface area contributed by atoms with E-state index in [9.17, 15) is 14.4 Å². The number of para-hydroxylation sites is 2. The van der Waals surface area contributed by atoms with Crippen LogP contribution in [0, 0.1) is 6.92 Å². The number of hydrogen-bond donors (Lipinski definition) is 2. The molecule has 2 amide bonds. The number of carbonyl (C=O) groups is 3. The lowest BCUT2D eigenvalue weighted by atomic mass is 10.1. The maximum absolute atomic E-state index is 14.0. The first-order valence-electron chi connectivity index (χ1n) is 22.7. The van der Waals surface area contributed by atoms with Crippen molar-refractivity contribution in [2.24, 2.45) is 0 Å². The van der Waals surface area contributed by atoms with Crippen molar-refractivity contribution < 1.29 is 38.1 Å². The molecule has 0 aliphatic carbocycles. The van der Waals surface area contributed by atoms with Crippen LogP contribution in [0.5, 0.6) is 23.0 Å². The number of esters is 1. The van der Waals surface area contributed by atoms with E-state index >= 15 is 0 Å². The van der Waals surface area contributed by atoms with Gasteiger partial charge in [-0.15, -0.1) is 0 Å². The summed E-state index contributed by atoms with van der Waals surface area (Å²) in [6.07, 6.45) is 1.92. The first kappa shape index (κ1) is 45.1. The molecule has 12 nitrogen and oxygen atoms in total. The zero-order valence-electron chi connectivity index (χ0n) is 37.7. The fourth-order valence-electron chi connectivity index (χ4n) is 8.29. The van der Waals surface area contributed by atoms with Crippen LogP contribution < -0.4 is 29.6 Å². The number of nitrogens with one attached hydrogen (secondary N) is 2. The largest absolute Gasteiger partial charge is 0.494 e. The van der Waals surface area contributed by atoms with E-state index in [2.05, 4.69) is 27.3 Å². The number of aryl methyl sites for hydroxylation is 2. The monoisotopic (exact) mass is 888 g/mol. The number of likely N-dealkylation sites (N-methyl/N-ethyl adjacent to an activating group) is 1. The number of rotatable bonds is 22. The summed E-state index contributed by atoms with van der Waals surface area (Å²) in [6, 6.07) is 43.2. The van der Waals surface area contributed by atoms with E-state index in [4.69, 9.17) is 23.7 Å². The Hall–Kier alpha value is -7.47. The number of ether oxygens (including phenoxy) is 5. The Labute approximate surface area is 384 Å². The molecule has 6 aromatic carbocycles. The number of amides is 2. The van der Waals surface area contributed by atoms with E-state index in [1.807, 2.05) is 129 Å². The SMILES string of the molecule is CCNC(=O)C(OC(=O)CCn1c2ccccc2c2ccc(OCCCCOc3cccc(NC(C)=O)c3)cc21)n1c2ccccc2c2ccc(OCCCCOc3cccc(C)c3)cc21. The Morgan fingerprint density at radius 2 is 1.09 bits per heavy atom. The van der Waals surface area contributed by atoms with Gasteiger partial charge < -0.3 is 38.9 Å². The highest BCUT2D eigenvalue weighted by Gasteiger charge is 2.29. The van der Waals surface area contributed by atoms with Crippen LogP contribution in [0.4, 0.5) is 5.69 Å². The Kier molecular flexibility index (Phi) is 14.7. The van der Waals surface area contributed by atoms with Crippen LogP contribution in [0.1, 0.15) is 57.7 Å². The summed E-state index contributed by atoms with van der Waals surface area (Å²) in [4.78, 5) is 39.4. The minimum Gasteiger partial charge on any atom is -0.494 e. The van der Waals surface area contributed by atoms with Crippen LogP contribution in [0.2, 0.25) is 0 Å². The van der Waals surface area contributed by atoms with E-state index in [1.165, 1.54) is 6.92 Å². The molecule has 66 heavy (non-hydrogen) atoms. The van der Waals surface area contributed by atoms with E-state index in [-0.39, 0.29) is 12.3 Å². The number of fused-ring (bicyclic) bond motifs is 6. The van der Waals surface area contributed by atoms with Crippen molar-refractivity contribution >= 4 is 67.1 Å². The van der Waals surface area contributed by atoms with Gasteiger partial charge in [-0.2, -0.15) is 0 Å². The lowest BCUT2D eigenvalue weighted by Gasteiger charge is -2.21. The molecular weight excluding hydrogens is 833 g/mol. The molecule has 0 bridgehead atoms. The van der Waals surface area contributed by atoms with Gasteiger partial charge in [0.25, 0.3) is 12.1 Å². The van der Waals surface area contributed by atoms with Crippen molar-refractivity contribution in [1.29, 1.82) is 0 Å². The number of unbranched alkanes of at least 4 members (excludes halogenated alkanes) is 2. The second kappa shape index (κ2) is 21.5. The minimum atomic E-state index is -1.27. The number of aromatic nitrogens is 2.